The van der Waals surface area contributed by atoms with Crippen molar-refractivity contribution in [1.29, 1.82) is 0 Å². The predicted octanol–water partition coefficient (Wildman–Crippen LogP) is 2.48. The molecule has 6 nitrogen and oxygen atoms in total. The van der Waals surface area contributed by atoms with Gasteiger partial charge in [-0.2, -0.15) is 0 Å². The minimum atomic E-state index is -0.127. The Morgan fingerprint density at radius 1 is 1.23 bits per heavy atom. The number of nitrogens with zero attached hydrogens (tertiary/aromatic N) is 3. The molecular weight excluding hydrogens is 304 g/mol. The van der Waals surface area contributed by atoms with Crippen molar-refractivity contribution in [2.45, 2.75) is 25.5 Å². The molecule has 0 saturated carbocycles. The van der Waals surface area contributed by atoms with E-state index in [0.717, 1.165) is 17.9 Å². The molecule has 0 bridgehead atoms. The first-order valence-electron chi connectivity index (χ1n) is 7.12. The molecule has 7 heteroatoms. The molecule has 1 N–H and O–H groups in total. The Hall–Kier alpha value is -1.92. The van der Waals surface area contributed by atoms with Gasteiger partial charge in [-0.15, -0.1) is 0 Å². The molecule has 2 aromatic rings. The summed E-state index contributed by atoms with van der Waals surface area (Å²) in [4.78, 5) is 12.6. The van der Waals surface area contributed by atoms with Crippen LogP contribution >= 0.6 is 11.6 Å². The van der Waals surface area contributed by atoms with Gasteiger partial charge in [0.05, 0.1) is 36.3 Å². The molecule has 0 aliphatic carbocycles. The van der Waals surface area contributed by atoms with Gasteiger partial charge in [0.2, 0.25) is 5.95 Å². The van der Waals surface area contributed by atoms with Gasteiger partial charge < -0.3 is 14.8 Å². The van der Waals surface area contributed by atoms with Gasteiger partial charge in [0.1, 0.15) is 11.9 Å². The zero-order valence-electron chi connectivity index (χ0n) is 12.2. The van der Waals surface area contributed by atoms with E-state index >= 15 is 0 Å². The summed E-state index contributed by atoms with van der Waals surface area (Å²) in [6.07, 6.45) is 5.54. The minimum Gasteiger partial charge on any atom is -0.484 e. The molecule has 0 amide bonds. The van der Waals surface area contributed by atoms with E-state index in [2.05, 4.69) is 20.3 Å². The maximum absolute atomic E-state index is 5.99. The van der Waals surface area contributed by atoms with E-state index in [1.165, 1.54) is 0 Å². The zero-order valence-corrected chi connectivity index (χ0v) is 13.0. The number of nitrogens with one attached hydrogen (secondary N) is 1. The fraction of sp³-hybridized carbons (Fsp3) is 0.400. The third kappa shape index (κ3) is 3.84. The van der Waals surface area contributed by atoms with Gasteiger partial charge >= 0.3 is 0 Å². The summed E-state index contributed by atoms with van der Waals surface area (Å²) >= 11 is 5.80. The van der Waals surface area contributed by atoms with Gasteiger partial charge in [-0.1, -0.05) is 11.6 Å². The molecule has 2 atom stereocenters. The largest absolute Gasteiger partial charge is 0.484 e. The lowest BCUT2D eigenvalue weighted by Crippen LogP contribution is -2.45. The van der Waals surface area contributed by atoms with Crippen molar-refractivity contribution in [1.82, 2.24) is 15.0 Å². The second-order valence-electron chi connectivity index (χ2n) is 5.13. The third-order valence-electron chi connectivity index (χ3n) is 3.41. The molecular formula is C15H17ClN4O2. The fourth-order valence-corrected chi connectivity index (χ4v) is 2.34. The summed E-state index contributed by atoms with van der Waals surface area (Å²) in [5.41, 5.74) is 0.955. The van der Waals surface area contributed by atoms with E-state index in [4.69, 9.17) is 21.1 Å². The Labute approximate surface area is 133 Å². The standard InChI is InChI=1S/C15H17ClN4O2/c1-10-2-3-12(8-17-10)22-14-9-21-5-4-13(14)20-15-18-6-11(16)7-19-15/h2-3,6-8,13-14H,4-5,9H2,1H3,(H,18,19,20)/t13-,14+/m1/s1. The van der Waals surface area contributed by atoms with Crippen LogP contribution in [0.4, 0.5) is 5.95 Å². The quantitative estimate of drug-likeness (QED) is 0.933. The molecule has 0 radical (unpaired) electrons. The third-order valence-corrected chi connectivity index (χ3v) is 3.61. The smallest absolute Gasteiger partial charge is 0.223 e. The van der Waals surface area contributed by atoms with Gasteiger partial charge in [-0.25, -0.2) is 9.97 Å². The number of rotatable bonds is 4. The Bertz CT molecular complexity index is 550. The van der Waals surface area contributed by atoms with Gasteiger partial charge in [-0.05, 0) is 25.5 Å². The van der Waals surface area contributed by atoms with Crippen LogP contribution in [0.1, 0.15) is 12.1 Å². The first-order chi connectivity index (χ1) is 10.7. The van der Waals surface area contributed by atoms with E-state index in [9.17, 15) is 0 Å². The summed E-state index contributed by atoms with van der Waals surface area (Å²) < 4.78 is 11.5. The van der Waals surface area contributed by atoms with Crippen molar-refractivity contribution in [2.24, 2.45) is 0 Å². The summed E-state index contributed by atoms with van der Waals surface area (Å²) in [5, 5.41) is 3.79. The fourth-order valence-electron chi connectivity index (χ4n) is 2.24. The van der Waals surface area contributed by atoms with Crippen LogP contribution in [-0.4, -0.2) is 40.3 Å². The zero-order chi connectivity index (χ0) is 15.4. The highest BCUT2D eigenvalue weighted by atomic mass is 35.5. The number of aromatic nitrogens is 3. The molecule has 1 aliphatic rings. The molecule has 0 aromatic carbocycles. The summed E-state index contributed by atoms with van der Waals surface area (Å²) in [6.45, 7) is 3.13. The first-order valence-corrected chi connectivity index (χ1v) is 7.49. The molecule has 1 saturated heterocycles. The van der Waals surface area contributed by atoms with E-state index in [0.29, 0.717) is 24.2 Å². The Morgan fingerprint density at radius 2 is 2.05 bits per heavy atom. The highest BCUT2D eigenvalue weighted by molar-refractivity contribution is 6.30. The number of hydrogen-bond acceptors (Lipinski definition) is 6. The van der Waals surface area contributed by atoms with Gasteiger partial charge in [0.15, 0.2) is 0 Å². The maximum atomic E-state index is 5.99. The van der Waals surface area contributed by atoms with Crippen molar-refractivity contribution in [3.8, 4) is 5.75 Å². The summed E-state index contributed by atoms with van der Waals surface area (Å²) in [5.74, 6) is 1.26. The predicted molar refractivity (Wildman–Crippen MR) is 83.3 cm³/mol. The molecule has 1 fully saturated rings. The van der Waals surface area contributed by atoms with E-state index in [-0.39, 0.29) is 12.1 Å². The second-order valence-corrected chi connectivity index (χ2v) is 5.57. The van der Waals surface area contributed by atoms with Crippen molar-refractivity contribution >= 4 is 17.5 Å². The lowest BCUT2D eigenvalue weighted by atomic mass is 10.1. The van der Waals surface area contributed by atoms with Gasteiger partial charge in [0.25, 0.3) is 0 Å². The van der Waals surface area contributed by atoms with Crippen molar-refractivity contribution < 1.29 is 9.47 Å². The SMILES string of the molecule is Cc1ccc(O[C@H]2COCC[C@H]2Nc2ncc(Cl)cn2)cn1. The Morgan fingerprint density at radius 3 is 2.77 bits per heavy atom. The number of pyridine rings is 1. The summed E-state index contributed by atoms with van der Waals surface area (Å²) in [7, 11) is 0. The first kappa shape index (κ1) is 15.0. The Balaban J connectivity index is 1.68. The number of halogens is 1. The molecule has 3 heterocycles. The monoisotopic (exact) mass is 320 g/mol. The lowest BCUT2D eigenvalue weighted by Gasteiger charge is -2.32. The summed E-state index contributed by atoms with van der Waals surface area (Å²) in [6, 6.07) is 3.90. The van der Waals surface area contributed by atoms with Crippen molar-refractivity contribution in [3.05, 3.63) is 41.4 Å². The molecule has 22 heavy (non-hydrogen) atoms. The number of anilines is 1. The minimum absolute atomic E-state index is 0.0660. The maximum Gasteiger partial charge on any atom is 0.223 e. The van der Waals surface area contributed by atoms with Crippen LogP contribution in [0.25, 0.3) is 0 Å². The van der Waals surface area contributed by atoms with Crippen LogP contribution in [0.5, 0.6) is 5.75 Å². The lowest BCUT2D eigenvalue weighted by molar-refractivity contribution is -0.000859. The van der Waals surface area contributed by atoms with E-state index in [1.54, 1.807) is 18.6 Å². The van der Waals surface area contributed by atoms with E-state index in [1.807, 2.05) is 19.1 Å². The average Bonchev–Trinajstić information content (AvgIpc) is 2.54. The van der Waals surface area contributed by atoms with Crippen LogP contribution < -0.4 is 10.1 Å². The van der Waals surface area contributed by atoms with Crippen LogP contribution in [-0.2, 0) is 4.74 Å². The van der Waals surface area contributed by atoms with Crippen LogP contribution in [0.2, 0.25) is 5.02 Å². The average molecular weight is 321 g/mol. The van der Waals surface area contributed by atoms with Crippen LogP contribution in [0, 0.1) is 6.92 Å². The normalized spacial score (nSPS) is 21.4. The van der Waals surface area contributed by atoms with Crippen LogP contribution in [0.3, 0.4) is 0 Å². The van der Waals surface area contributed by atoms with Gasteiger partial charge in [0, 0.05) is 12.3 Å². The second kappa shape index (κ2) is 6.89. The van der Waals surface area contributed by atoms with E-state index < -0.39 is 0 Å². The van der Waals surface area contributed by atoms with Crippen molar-refractivity contribution in [2.75, 3.05) is 18.5 Å². The molecule has 116 valence electrons. The van der Waals surface area contributed by atoms with Crippen molar-refractivity contribution in [3.63, 3.8) is 0 Å². The molecule has 2 aromatic heterocycles. The highest BCUT2D eigenvalue weighted by Crippen LogP contribution is 2.19. The highest BCUT2D eigenvalue weighted by Gasteiger charge is 2.28. The number of aryl methyl sites for hydroxylation is 1. The van der Waals surface area contributed by atoms with Crippen LogP contribution in [0.15, 0.2) is 30.7 Å². The number of hydrogen-bond donors (Lipinski definition) is 1. The molecule has 0 unspecified atom stereocenters. The molecule has 0 spiro atoms. The molecule has 1 aliphatic heterocycles. The Kier molecular flexibility index (Phi) is 4.70. The molecule has 3 rings (SSSR count). The number of ether oxygens (including phenoxy) is 2. The topological polar surface area (TPSA) is 69.2 Å². The van der Waals surface area contributed by atoms with Gasteiger partial charge in [-0.3, -0.25) is 4.98 Å².